The number of likely N-dealkylation sites (N-methyl/N-ethyl adjacent to an activating group) is 1. The second kappa shape index (κ2) is 6.14. The van der Waals surface area contributed by atoms with Gasteiger partial charge in [0.2, 0.25) is 0 Å². The molecular formula is C16H13BrN2O2S. The van der Waals surface area contributed by atoms with E-state index in [0.29, 0.717) is 11.4 Å². The highest BCUT2D eigenvalue weighted by Crippen LogP contribution is 2.32. The van der Waals surface area contributed by atoms with Crippen LogP contribution in [0.5, 0.6) is 0 Å². The van der Waals surface area contributed by atoms with E-state index in [1.807, 2.05) is 47.2 Å². The van der Waals surface area contributed by atoms with Crippen LogP contribution in [-0.4, -0.2) is 27.2 Å². The number of hydrogen-bond donors (Lipinski definition) is 0. The van der Waals surface area contributed by atoms with Gasteiger partial charge in [-0.3, -0.25) is 14.5 Å². The van der Waals surface area contributed by atoms with Crippen molar-refractivity contribution in [2.75, 3.05) is 6.54 Å². The Hall–Kier alpha value is -1.79. The van der Waals surface area contributed by atoms with Gasteiger partial charge >= 0.3 is 0 Å². The van der Waals surface area contributed by atoms with Gasteiger partial charge in [-0.05, 0) is 55.1 Å². The molecule has 0 bridgehead atoms. The van der Waals surface area contributed by atoms with Crippen molar-refractivity contribution in [1.29, 1.82) is 0 Å². The minimum Gasteiger partial charge on any atom is -0.317 e. The van der Waals surface area contributed by atoms with E-state index in [1.165, 1.54) is 4.90 Å². The molecule has 6 heteroatoms. The predicted molar refractivity (Wildman–Crippen MR) is 91.8 cm³/mol. The molecule has 22 heavy (non-hydrogen) atoms. The minimum atomic E-state index is -0.223. The summed E-state index contributed by atoms with van der Waals surface area (Å²) in [6, 6.07) is 11.7. The number of carbonyl (C=O) groups excluding carboxylic acids is 2. The molecular weight excluding hydrogens is 364 g/mol. The Bertz CT molecular complexity index is 782. The average Bonchev–Trinajstić information content (AvgIpc) is 3.05. The SMILES string of the molecule is CCN1C(=O)SC(=Cc2cccn2-c2cccc(Br)c2)C1=O. The summed E-state index contributed by atoms with van der Waals surface area (Å²) in [5.41, 5.74) is 1.85. The third kappa shape index (κ3) is 2.76. The molecule has 4 nitrogen and oxygen atoms in total. The molecule has 0 N–H and O–H groups in total. The zero-order valence-corrected chi connectivity index (χ0v) is 14.2. The average molecular weight is 377 g/mol. The van der Waals surface area contributed by atoms with Crippen LogP contribution in [0.4, 0.5) is 4.79 Å². The highest BCUT2D eigenvalue weighted by atomic mass is 79.9. The van der Waals surface area contributed by atoms with Crippen molar-refractivity contribution in [2.24, 2.45) is 0 Å². The largest absolute Gasteiger partial charge is 0.317 e. The van der Waals surface area contributed by atoms with Crippen molar-refractivity contribution >= 4 is 44.9 Å². The molecule has 2 heterocycles. The van der Waals surface area contributed by atoms with Crippen molar-refractivity contribution in [3.63, 3.8) is 0 Å². The van der Waals surface area contributed by atoms with Gasteiger partial charge in [0.1, 0.15) is 0 Å². The van der Waals surface area contributed by atoms with Crippen LogP contribution in [0.25, 0.3) is 11.8 Å². The molecule has 2 amide bonds. The van der Waals surface area contributed by atoms with E-state index < -0.39 is 0 Å². The molecule has 0 saturated carbocycles. The minimum absolute atomic E-state index is 0.209. The lowest BCUT2D eigenvalue weighted by molar-refractivity contribution is -0.122. The molecule has 0 atom stereocenters. The Kier molecular flexibility index (Phi) is 4.22. The number of halogens is 1. The monoisotopic (exact) mass is 376 g/mol. The van der Waals surface area contributed by atoms with E-state index in [0.717, 1.165) is 27.6 Å². The van der Waals surface area contributed by atoms with E-state index in [9.17, 15) is 9.59 Å². The van der Waals surface area contributed by atoms with Gasteiger partial charge in [0.25, 0.3) is 11.1 Å². The number of rotatable bonds is 3. The Labute approximate surface area is 140 Å². The zero-order valence-electron chi connectivity index (χ0n) is 11.8. The first-order valence-corrected chi connectivity index (χ1v) is 8.39. The number of benzene rings is 1. The second-order valence-electron chi connectivity index (χ2n) is 4.71. The van der Waals surface area contributed by atoms with E-state index >= 15 is 0 Å². The standard InChI is InChI=1S/C16H13BrN2O2S/c1-2-18-15(20)14(22-16(18)21)10-13-7-4-8-19(13)12-6-3-5-11(17)9-12/h3-10H,2H2,1H3. The molecule has 0 unspecified atom stereocenters. The normalized spacial score (nSPS) is 16.8. The summed E-state index contributed by atoms with van der Waals surface area (Å²) in [5, 5.41) is -0.209. The van der Waals surface area contributed by atoms with Crippen molar-refractivity contribution in [1.82, 2.24) is 9.47 Å². The summed E-state index contributed by atoms with van der Waals surface area (Å²) >= 11 is 4.44. The lowest BCUT2D eigenvalue weighted by Crippen LogP contribution is -2.27. The first kappa shape index (κ1) is 15.1. The molecule has 1 saturated heterocycles. The van der Waals surface area contributed by atoms with Crippen LogP contribution in [0.1, 0.15) is 12.6 Å². The fourth-order valence-electron chi connectivity index (χ4n) is 2.28. The molecule has 1 aliphatic heterocycles. The number of carbonyl (C=O) groups is 2. The van der Waals surface area contributed by atoms with Crippen LogP contribution in [0.2, 0.25) is 0 Å². The number of imide groups is 1. The fourth-order valence-corrected chi connectivity index (χ4v) is 3.55. The van der Waals surface area contributed by atoms with Gasteiger partial charge in [0.05, 0.1) is 4.91 Å². The molecule has 0 aliphatic carbocycles. The number of nitrogens with zero attached hydrogens (tertiary/aromatic N) is 2. The summed E-state index contributed by atoms with van der Waals surface area (Å²) in [6.07, 6.45) is 3.69. The molecule has 2 aromatic rings. The predicted octanol–water partition coefficient (Wildman–Crippen LogP) is 4.30. The van der Waals surface area contributed by atoms with Crippen LogP contribution in [0.15, 0.2) is 52.0 Å². The maximum atomic E-state index is 12.2. The number of thioether (sulfide) groups is 1. The van der Waals surface area contributed by atoms with E-state index in [-0.39, 0.29) is 11.1 Å². The molecule has 0 radical (unpaired) electrons. The molecule has 3 rings (SSSR count). The topological polar surface area (TPSA) is 42.3 Å². The van der Waals surface area contributed by atoms with Crippen LogP contribution in [0.3, 0.4) is 0 Å². The smallest absolute Gasteiger partial charge is 0.293 e. The first-order chi connectivity index (χ1) is 10.6. The van der Waals surface area contributed by atoms with Crippen molar-refractivity contribution in [3.8, 4) is 5.69 Å². The Balaban J connectivity index is 1.98. The lowest BCUT2D eigenvalue weighted by Gasteiger charge is -2.08. The zero-order chi connectivity index (χ0) is 15.7. The quantitative estimate of drug-likeness (QED) is 0.750. The number of hydrogen-bond acceptors (Lipinski definition) is 3. The van der Waals surface area contributed by atoms with Gasteiger partial charge < -0.3 is 4.57 Å². The van der Waals surface area contributed by atoms with Crippen LogP contribution >= 0.6 is 27.7 Å². The van der Waals surface area contributed by atoms with Crippen molar-refractivity contribution in [2.45, 2.75) is 6.92 Å². The summed E-state index contributed by atoms with van der Waals surface area (Å²) in [6.45, 7) is 2.19. The molecule has 1 fully saturated rings. The molecule has 1 aromatic carbocycles. The summed E-state index contributed by atoms with van der Waals surface area (Å²) < 4.78 is 2.96. The van der Waals surface area contributed by atoms with Crippen molar-refractivity contribution in [3.05, 3.63) is 57.7 Å². The fraction of sp³-hybridized carbons (Fsp3) is 0.125. The third-order valence-electron chi connectivity index (χ3n) is 3.34. The molecule has 0 spiro atoms. The Morgan fingerprint density at radius 2 is 2.05 bits per heavy atom. The first-order valence-electron chi connectivity index (χ1n) is 6.79. The van der Waals surface area contributed by atoms with Crippen molar-refractivity contribution < 1.29 is 9.59 Å². The van der Waals surface area contributed by atoms with Gasteiger partial charge in [0, 0.05) is 28.6 Å². The highest BCUT2D eigenvalue weighted by molar-refractivity contribution is 9.10. The van der Waals surface area contributed by atoms with Gasteiger partial charge in [0.15, 0.2) is 0 Å². The van der Waals surface area contributed by atoms with E-state index in [2.05, 4.69) is 15.9 Å². The third-order valence-corrected chi connectivity index (χ3v) is 4.74. The Morgan fingerprint density at radius 3 is 2.73 bits per heavy atom. The van der Waals surface area contributed by atoms with Crippen LogP contribution in [-0.2, 0) is 4.79 Å². The molecule has 1 aliphatic rings. The van der Waals surface area contributed by atoms with E-state index in [4.69, 9.17) is 0 Å². The van der Waals surface area contributed by atoms with Gasteiger partial charge in [-0.25, -0.2) is 0 Å². The molecule has 1 aromatic heterocycles. The summed E-state index contributed by atoms with van der Waals surface area (Å²) in [5.74, 6) is -0.223. The highest BCUT2D eigenvalue weighted by Gasteiger charge is 2.33. The number of amides is 2. The summed E-state index contributed by atoms with van der Waals surface area (Å²) in [7, 11) is 0. The Morgan fingerprint density at radius 1 is 1.23 bits per heavy atom. The van der Waals surface area contributed by atoms with Gasteiger partial charge in [-0.1, -0.05) is 22.0 Å². The molecule has 112 valence electrons. The lowest BCUT2D eigenvalue weighted by atomic mass is 10.3. The van der Waals surface area contributed by atoms with E-state index in [1.54, 1.807) is 13.0 Å². The maximum Gasteiger partial charge on any atom is 0.293 e. The van der Waals surface area contributed by atoms with Gasteiger partial charge in [-0.2, -0.15) is 0 Å². The summed E-state index contributed by atoms with van der Waals surface area (Å²) in [4.78, 5) is 25.7. The van der Waals surface area contributed by atoms with Gasteiger partial charge in [-0.15, -0.1) is 0 Å². The second-order valence-corrected chi connectivity index (χ2v) is 6.62. The van der Waals surface area contributed by atoms with Crippen LogP contribution in [0, 0.1) is 0 Å². The van der Waals surface area contributed by atoms with Crippen LogP contribution < -0.4 is 0 Å². The maximum absolute atomic E-state index is 12.2. The number of aromatic nitrogens is 1.